The molecule has 2 heterocycles. The maximum absolute atomic E-state index is 14.0. The average Bonchev–Trinajstić information content (AvgIpc) is 3.94. The number of guanidine groups is 2. The smallest absolute Gasteiger partial charge is 0.237 e. The van der Waals surface area contributed by atoms with Crippen molar-refractivity contribution in [1.29, 1.82) is 10.8 Å². The van der Waals surface area contributed by atoms with Crippen LogP contribution in [0.1, 0.15) is 74.6 Å². The number of benzene rings is 2. The molecule has 2 fully saturated rings. The van der Waals surface area contributed by atoms with Crippen LogP contribution >= 0.6 is 23.2 Å². The van der Waals surface area contributed by atoms with Crippen molar-refractivity contribution in [3.05, 3.63) is 97.1 Å². The number of likely N-dealkylation sites (tertiary alicyclic amines) is 2. The Labute approximate surface area is 362 Å². The van der Waals surface area contributed by atoms with E-state index in [1.807, 2.05) is 70.5 Å². The quantitative estimate of drug-likeness (QED) is 0.0190. The number of ketones is 3. The lowest BCUT2D eigenvalue weighted by Crippen LogP contribution is -2.55. The summed E-state index contributed by atoms with van der Waals surface area (Å²) >= 11 is 13.2. The average molecular weight is 866 g/mol. The minimum absolute atomic E-state index is 0.0347. The van der Waals surface area contributed by atoms with Gasteiger partial charge in [0.1, 0.15) is 0 Å². The zero-order valence-corrected chi connectivity index (χ0v) is 35.3. The van der Waals surface area contributed by atoms with Gasteiger partial charge in [-0.15, -0.1) is 36.4 Å². The lowest BCUT2D eigenvalue weighted by Gasteiger charge is -2.32. The third kappa shape index (κ3) is 13.0. The number of halogens is 2. The third-order valence-corrected chi connectivity index (χ3v) is 11.8. The molecule has 60 heavy (non-hydrogen) atoms. The molecule has 17 heteroatoms. The highest BCUT2D eigenvalue weighted by molar-refractivity contribution is 6.52. The minimum Gasteiger partial charge on any atom is -0.370 e. The molecule has 2 aliphatic heterocycles. The van der Waals surface area contributed by atoms with Crippen molar-refractivity contribution < 1.29 is 24.0 Å². The highest BCUT2D eigenvalue weighted by Gasteiger charge is 2.43. The molecule has 2 aliphatic rings. The Morgan fingerprint density at radius 2 is 1.03 bits per heavy atom. The van der Waals surface area contributed by atoms with Gasteiger partial charge in [0.05, 0.1) is 36.3 Å². The molecular weight excluding hydrogens is 807 g/mol. The molecule has 2 aromatic carbocycles. The molecule has 4 rings (SSSR count). The Morgan fingerprint density at radius 1 is 0.667 bits per heavy atom. The van der Waals surface area contributed by atoms with Crippen LogP contribution < -0.4 is 32.7 Å². The first-order valence-corrected chi connectivity index (χ1v) is 21.2. The molecule has 0 spiro atoms. The maximum Gasteiger partial charge on any atom is 0.237 e. The highest BCUT2D eigenvalue weighted by atomic mass is 35.5. The van der Waals surface area contributed by atoms with Gasteiger partial charge >= 0.3 is 0 Å². The molecular formula is C43H58Cl2N10O5. The molecule has 15 nitrogen and oxygen atoms in total. The number of carbonyl (C=O) groups excluding carboxylic acids is 5. The van der Waals surface area contributed by atoms with Gasteiger partial charge < -0.3 is 32.7 Å². The molecule has 0 radical (unpaired) electrons. The summed E-state index contributed by atoms with van der Waals surface area (Å²) in [5, 5.41) is 22.1. The SMILES string of the molecule is C=CC(c1ccccc1)N1CCC[C@H]1C(=O)N[C@@H](CCCNC(=N)N)C(=O)C(Cl)C(=O)C(Cl)C(=O)[C@H](CCCNC(=N)N)NC(=O)[C@@H]1CCCN1C(C=C)c1ccccc1. The number of hydrogen-bond donors (Lipinski definition) is 8. The van der Waals surface area contributed by atoms with Crippen molar-refractivity contribution in [2.45, 2.75) is 98.4 Å². The zero-order chi connectivity index (χ0) is 43.8. The number of nitrogens with zero attached hydrogens (tertiary/aromatic N) is 2. The summed E-state index contributed by atoms with van der Waals surface area (Å²) in [5.41, 5.74) is 12.8. The lowest BCUT2D eigenvalue weighted by molar-refractivity contribution is -0.135. The summed E-state index contributed by atoms with van der Waals surface area (Å²) in [6.07, 6.45) is 6.63. The number of alkyl halides is 2. The Balaban J connectivity index is 1.50. The highest BCUT2D eigenvalue weighted by Crippen LogP contribution is 2.32. The summed E-state index contributed by atoms with van der Waals surface area (Å²) in [5.74, 6) is -4.21. The fourth-order valence-electron chi connectivity index (χ4n) is 7.96. The molecule has 10 N–H and O–H groups in total. The van der Waals surface area contributed by atoms with Gasteiger partial charge in [-0.25, -0.2) is 0 Å². The van der Waals surface area contributed by atoms with Gasteiger partial charge in [0.2, 0.25) is 11.8 Å². The van der Waals surface area contributed by atoms with E-state index in [2.05, 4.69) is 34.4 Å². The van der Waals surface area contributed by atoms with Crippen LogP contribution in [-0.2, 0) is 24.0 Å². The van der Waals surface area contributed by atoms with E-state index in [1.54, 1.807) is 12.2 Å². The van der Waals surface area contributed by atoms with Crippen LogP contribution in [0.2, 0.25) is 0 Å². The standard InChI is InChI=1S/C43H58Cl2N10O5/c1-3-31(27-15-7-5-8-16-27)54-25-13-21-33(54)40(59)52-29(19-11-23-50-42(46)47)37(56)35(44)39(58)36(45)38(57)30(20-12-24-51-43(48)49)53-41(60)34-22-14-26-55(34)32(4-2)28-17-9-6-10-18-28/h3-10,15-18,29-36H,1-2,11-14,19-26H2,(H,52,59)(H,53,60)(H4,46,47,50)(H4,48,49,51)/t29-,30-,31?,32?,33-,34-,35?,36?/m0/s1. The van der Waals surface area contributed by atoms with Crippen molar-refractivity contribution in [1.82, 2.24) is 31.1 Å². The molecule has 2 amide bonds. The Morgan fingerprint density at radius 3 is 1.37 bits per heavy atom. The van der Waals surface area contributed by atoms with Crippen LogP contribution in [0, 0.1) is 10.8 Å². The fourth-order valence-corrected chi connectivity index (χ4v) is 8.58. The second-order valence-electron chi connectivity index (χ2n) is 15.0. The predicted octanol–water partition coefficient (Wildman–Crippen LogP) is 3.19. The van der Waals surface area contributed by atoms with Gasteiger partial charge in [-0.1, -0.05) is 72.8 Å². The second kappa shape index (κ2) is 23.6. The zero-order valence-electron chi connectivity index (χ0n) is 33.8. The fraction of sp³-hybridized carbons (Fsp3) is 0.465. The normalized spacial score (nSPS) is 19.7. The van der Waals surface area contributed by atoms with Crippen LogP contribution in [0.3, 0.4) is 0 Å². The first-order chi connectivity index (χ1) is 28.8. The van der Waals surface area contributed by atoms with Gasteiger partial charge in [0.15, 0.2) is 40.0 Å². The van der Waals surface area contributed by atoms with Gasteiger partial charge in [0, 0.05) is 13.1 Å². The molecule has 4 unspecified atom stereocenters. The Bertz CT molecular complexity index is 1710. The van der Waals surface area contributed by atoms with Crippen molar-refractivity contribution >= 4 is 64.3 Å². The second-order valence-corrected chi connectivity index (χ2v) is 15.9. The van der Waals surface area contributed by atoms with Crippen molar-refractivity contribution in [3.8, 4) is 0 Å². The monoisotopic (exact) mass is 864 g/mol. The van der Waals surface area contributed by atoms with Crippen LogP contribution in [0.5, 0.6) is 0 Å². The van der Waals surface area contributed by atoms with Crippen LogP contribution in [0.15, 0.2) is 86.0 Å². The number of carbonyl (C=O) groups is 5. The third-order valence-electron chi connectivity index (χ3n) is 10.9. The summed E-state index contributed by atoms with van der Waals surface area (Å²) in [6.45, 7) is 9.63. The van der Waals surface area contributed by atoms with Crippen LogP contribution in [0.25, 0.3) is 0 Å². The topological polar surface area (TPSA) is 240 Å². The first kappa shape index (κ1) is 47.6. The van der Waals surface area contributed by atoms with Crippen molar-refractivity contribution in [2.75, 3.05) is 26.2 Å². The number of rotatable bonds is 24. The van der Waals surface area contributed by atoms with E-state index in [9.17, 15) is 24.0 Å². The van der Waals surface area contributed by atoms with Gasteiger partial charge in [-0.3, -0.25) is 44.6 Å². The molecule has 2 saturated heterocycles. The molecule has 324 valence electrons. The molecule has 0 bridgehead atoms. The Kier molecular flexibility index (Phi) is 18.7. The number of nitrogens with one attached hydrogen (secondary N) is 6. The number of nitrogens with two attached hydrogens (primary N) is 2. The van der Waals surface area contributed by atoms with Crippen LogP contribution in [0.4, 0.5) is 0 Å². The minimum atomic E-state index is -1.92. The van der Waals surface area contributed by atoms with E-state index in [-0.39, 0.29) is 62.8 Å². The van der Waals surface area contributed by atoms with Crippen LogP contribution in [-0.4, -0.2) is 112 Å². The molecule has 2 aromatic rings. The van der Waals surface area contributed by atoms with E-state index in [0.29, 0.717) is 25.9 Å². The number of amides is 2. The number of hydrogen-bond acceptors (Lipinski definition) is 9. The molecule has 0 aromatic heterocycles. The van der Waals surface area contributed by atoms with Crippen molar-refractivity contribution in [3.63, 3.8) is 0 Å². The van der Waals surface area contributed by atoms with E-state index in [1.165, 1.54) is 0 Å². The molecule has 8 atom stereocenters. The van der Waals surface area contributed by atoms with Gasteiger partial charge in [0.25, 0.3) is 0 Å². The predicted molar refractivity (Wildman–Crippen MR) is 235 cm³/mol. The van der Waals surface area contributed by atoms with E-state index >= 15 is 0 Å². The maximum atomic E-state index is 14.0. The summed E-state index contributed by atoms with van der Waals surface area (Å²) in [4.78, 5) is 73.8. The molecule has 0 aliphatic carbocycles. The van der Waals surface area contributed by atoms with Crippen molar-refractivity contribution in [2.24, 2.45) is 11.5 Å². The van der Waals surface area contributed by atoms with Gasteiger partial charge in [-0.05, 0) is 75.6 Å². The summed E-state index contributed by atoms with van der Waals surface area (Å²) in [7, 11) is 0. The first-order valence-electron chi connectivity index (χ1n) is 20.3. The molecule has 0 saturated carbocycles. The Hall–Kier alpha value is -5.09. The van der Waals surface area contributed by atoms with Gasteiger partial charge in [-0.2, -0.15) is 0 Å². The number of Topliss-reactive ketones (excluding diaryl/α,β-unsaturated/α-hetero) is 3. The van der Waals surface area contributed by atoms with E-state index in [4.69, 9.17) is 45.5 Å². The summed E-state index contributed by atoms with van der Waals surface area (Å²) < 4.78 is 0. The largest absolute Gasteiger partial charge is 0.370 e. The summed E-state index contributed by atoms with van der Waals surface area (Å²) in [6, 6.07) is 15.0. The van der Waals surface area contributed by atoms with E-state index < -0.39 is 64.1 Å². The van der Waals surface area contributed by atoms with E-state index in [0.717, 1.165) is 24.0 Å². The lowest BCUT2D eigenvalue weighted by atomic mass is 9.95.